The van der Waals surface area contributed by atoms with Crippen LogP contribution in [-0.2, 0) is 0 Å². The second-order valence-electron chi connectivity index (χ2n) is 5.29. The summed E-state index contributed by atoms with van der Waals surface area (Å²) in [5, 5.41) is 0.663. The summed E-state index contributed by atoms with van der Waals surface area (Å²) in [6.45, 7) is 5.56. The monoisotopic (exact) mass is 318 g/mol. The van der Waals surface area contributed by atoms with Gasteiger partial charge in [-0.2, -0.15) is 0 Å². The van der Waals surface area contributed by atoms with Crippen LogP contribution in [0, 0.1) is 6.92 Å². The van der Waals surface area contributed by atoms with Crippen LogP contribution >= 0.6 is 11.6 Å². The summed E-state index contributed by atoms with van der Waals surface area (Å²) in [6.07, 6.45) is 1.69. The number of aromatic nitrogens is 2. The minimum atomic E-state index is 0.663. The van der Waals surface area contributed by atoms with Crippen molar-refractivity contribution in [1.29, 1.82) is 0 Å². The second kappa shape index (κ2) is 6.40. The molecular formula is C16H19ClN4O. The molecule has 0 aromatic carbocycles. The number of rotatable bonds is 3. The van der Waals surface area contributed by atoms with E-state index in [9.17, 15) is 0 Å². The Hall–Kier alpha value is -2.01. The highest BCUT2D eigenvalue weighted by atomic mass is 35.5. The van der Waals surface area contributed by atoms with Crippen LogP contribution in [-0.4, -0.2) is 43.3 Å². The Balaban J connectivity index is 1.71. The molecule has 5 nitrogen and oxygen atoms in total. The number of hydrogen-bond donors (Lipinski definition) is 0. The maximum Gasteiger partial charge on any atom is 0.171 e. The Morgan fingerprint density at radius 2 is 1.77 bits per heavy atom. The molecule has 2 aromatic heterocycles. The summed E-state index contributed by atoms with van der Waals surface area (Å²) in [4.78, 5) is 13.5. The van der Waals surface area contributed by atoms with E-state index in [2.05, 4.69) is 19.8 Å². The molecule has 22 heavy (non-hydrogen) atoms. The average Bonchev–Trinajstić information content (AvgIpc) is 2.56. The summed E-state index contributed by atoms with van der Waals surface area (Å²) >= 11 is 5.89. The fourth-order valence-corrected chi connectivity index (χ4v) is 2.73. The van der Waals surface area contributed by atoms with Crippen LogP contribution in [0.5, 0.6) is 5.75 Å². The van der Waals surface area contributed by atoms with E-state index in [1.54, 1.807) is 13.3 Å². The van der Waals surface area contributed by atoms with Crippen molar-refractivity contribution in [1.82, 2.24) is 9.97 Å². The number of halogens is 1. The Morgan fingerprint density at radius 3 is 2.41 bits per heavy atom. The number of piperazine rings is 1. The number of hydrogen-bond acceptors (Lipinski definition) is 5. The van der Waals surface area contributed by atoms with Gasteiger partial charge in [-0.05, 0) is 31.2 Å². The molecule has 116 valence electrons. The summed E-state index contributed by atoms with van der Waals surface area (Å²) in [7, 11) is 1.68. The lowest BCUT2D eigenvalue weighted by Gasteiger charge is -2.36. The third-order valence-electron chi connectivity index (χ3n) is 3.81. The van der Waals surface area contributed by atoms with Crippen LogP contribution in [0.25, 0.3) is 0 Å². The highest BCUT2D eigenvalue weighted by Gasteiger charge is 2.21. The maximum absolute atomic E-state index is 5.89. The zero-order valence-corrected chi connectivity index (χ0v) is 13.5. The van der Waals surface area contributed by atoms with E-state index in [-0.39, 0.29) is 0 Å². The normalized spacial score (nSPS) is 15.0. The first-order valence-corrected chi connectivity index (χ1v) is 7.68. The summed E-state index contributed by atoms with van der Waals surface area (Å²) in [6, 6.07) is 7.78. The standard InChI is InChI=1S/C16H19ClN4O/c1-12-3-5-14(22-2)16(19-12)21-9-7-20(8-10-21)15-6-4-13(17)11-18-15/h3-6,11H,7-10H2,1-2H3. The van der Waals surface area contributed by atoms with Gasteiger partial charge >= 0.3 is 0 Å². The topological polar surface area (TPSA) is 41.5 Å². The summed E-state index contributed by atoms with van der Waals surface area (Å²) < 4.78 is 5.43. The van der Waals surface area contributed by atoms with Gasteiger partial charge in [0.15, 0.2) is 11.6 Å². The third kappa shape index (κ3) is 3.09. The largest absolute Gasteiger partial charge is 0.493 e. The zero-order valence-electron chi connectivity index (χ0n) is 12.8. The molecule has 0 spiro atoms. The predicted octanol–water partition coefficient (Wildman–Crippen LogP) is 2.77. The van der Waals surface area contributed by atoms with Crippen LogP contribution in [0.1, 0.15) is 5.69 Å². The van der Waals surface area contributed by atoms with Gasteiger partial charge in [0, 0.05) is 38.1 Å². The van der Waals surface area contributed by atoms with Crippen molar-refractivity contribution in [2.75, 3.05) is 43.1 Å². The van der Waals surface area contributed by atoms with E-state index in [0.29, 0.717) is 5.02 Å². The Morgan fingerprint density at radius 1 is 1.05 bits per heavy atom. The minimum absolute atomic E-state index is 0.663. The summed E-state index contributed by atoms with van der Waals surface area (Å²) in [5.41, 5.74) is 0.998. The van der Waals surface area contributed by atoms with Gasteiger partial charge in [0.25, 0.3) is 0 Å². The molecular weight excluding hydrogens is 300 g/mol. The van der Waals surface area contributed by atoms with Gasteiger partial charge in [-0.15, -0.1) is 0 Å². The van der Waals surface area contributed by atoms with E-state index in [0.717, 1.165) is 49.3 Å². The van der Waals surface area contributed by atoms with Crippen molar-refractivity contribution in [2.45, 2.75) is 6.92 Å². The van der Waals surface area contributed by atoms with Crippen LogP contribution in [0.4, 0.5) is 11.6 Å². The quantitative estimate of drug-likeness (QED) is 0.870. The van der Waals surface area contributed by atoms with Crippen molar-refractivity contribution in [2.24, 2.45) is 0 Å². The molecule has 0 saturated carbocycles. The molecule has 3 heterocycles. The van der Waals surface area contributed by atoms with E-state index in [1.807, 2.05) is 31.2 Å². The lowest BCUT2D eigenvalue weighted by molar-refractivity contribution is 0.411. The van der Waals surface area contributed by atoms with Gasteiger partial charge in [-0.25, -0.2) is 9.97 Å². The fraction of sp³-hybridized carbons (Fsp3) is 0.375. The first-order chi connectivity index (χ1) is 10.7. The molecule has 1 fully saturated rings. The van der Waals surface area contributed by atoms with E-state index in [1.165, 1.54) is 0 Å². The first-order valence-electron chi connectivity index (χ1n) is 7.30. The van der Waals surface area contributed by atoms with Gasteiger partial charge in [-0.1, -0.05) is 11.6 Å². The zero-order chi connectivity index (χ0) is 15.5. The number of aryl methyl sites for hydroxylation is 1. The molecule has 1 aliphatic rings. The predicted molar refractivity (Wildman–Crippen MR) is 89.2 cm³/mol. The van der Waals surface area contributed by atoms with E-state index in [4.69, 9.17) is 16.3 Å². The fourth-order valence-electron chi connectivity index (χ4n) is 2.62. The van der Waals surface area contributed by atoms with Crippen LogP contribution in [0.3, 0.4) is 0 Å². The highest BCUT2D eigenvalue weighted by Crippen LogP contribution is 2.27. The Bertz CT molecular complexity index is 639. The maximum atomic E-state index is 5.89. The molecule has 3 rings (SSSR count). The van der Waals surface area contributed by atoms with Crippen molar-refractivity contribution in [3.8, 4) is 5.75 Å². The molecule has 0 atom stereocenters. The number of nitrogens with zero attached hydrogens (tertiary/aromatic N) is 4. The van der Waals surface area contributed by atoms with Gasteiger partial charge in [0.1, 0.15) is 5.82 Å². The SMILES string of the molecule is COc1ccc(C)nc1N1CCN(c2ccc(Cl)cn2)CC1. The Kier molecular flexibility index (Phi) is 4.34. The number of ether oxygens (including phenoxy) is 1. The van der Waals surface area contributed by atoms with Gasteiger partial charge < -0.3 is 14.5 Å². The average molecular weight is 319 g/mol. The van der Waals surface area contributed by atoms with E-state index >= 15 is 0 Å². The Labute approximate surface area is 135 Å². The van der Waals surface area contributed by atoms with Crippen molar-refractivity contribution >= 4 is 23.2 Å². The van der Waals surface area contributed by atoms with Crippen molar-refractivity contribution in [3.63, 3.8) is 0 Å². The van der Waals surface area contributed by atoms with Crippen LogP contribution in [0.15, 0.2) is 30.5 Å². The van der Waals surface area contributed by atoms with Gasteiger partial charge in [0.05, 0.1) is 12.1 Å². The van der Waals surface area contributed by atoms with Crippen LogP contribution in [0.2, 0.25) is 5.02 Å². The molecule has 0 radical (unpaired) electrons. The molecule has 6 heteroatoms. The summed E-state index contributed by atoms with van der Waals surface area (Å²) in [5.74, 6) is 2.71. The number of anilines is 2. The lowest BCUT2D eigenvalue weighted by atomic mass is 10.2. The van der Waals surface area contributed by atoms with Crippen molar-refractivity contribution < 1.29 is 4.74 Å². The number of pyridine rings is 2. The molecule has 2 aromatic rings. The molecule has 0 bridgehead atoms. The van der Waals surface area contributed by atoms with Gasteiger partial charge in [0.2, 0.25) is 0 Å². The third-order valence-corrected chi connectivity index (χ3v) is 4.04. The molecule has 0 aliphatic carbocycles. The molecule has 0 N–H and O–H groups in total. The molecule has 1 aliphatic heterocycles. The first kappa shape index (κ1) is 14.9. The smallest absolute Gasteiger partial charge is 0.171 e. The van der Waals surface area contributed by atoms with E-state index < -0.39 is 0 Å². The van der Waals surface area contributed by atoms with Crippen LogP contribution < -0.4 is 14.5 Å². The minimum Gasteiger partial charge on any atom is -0.493 e. The molecule has 0 unspecified atom stereocenters. The molecule has 0 amide bonds. The number of methoxy groups -OCH3 is 1. The highest BCUT2D eigenvalue weighted by molar-refractivity contribution is 6.30. The van der Waals surface area contributed by atoms with Crippen molar-refractivity contribution in [3.05, 3.63) is 41.2 Å². The second-order valence-corrected chi connectivity index (χ2v) is 5.72. The molecule has 1 saturated heterocycles. The lowest BCUT2D eigenvalue weighted by Crippen LogP contribution is -2.47. The van der Waals surface area contributed by atoms with Gasteiger partial charge in [-0.3, -0.25) is 0 Å².